The minimum Gasteiger partial charge on any atom is -0.198 e. The van der Waals surface area contributed by atoms with Crippen LogP contribution in [0.2, 0.25) is 0 Å². The summed E-state index contributed by atoms with van der Waals surface area (Å²) in [7, 11) is 0. The van der Waals surface area contributed by atoms with Crippen LogP contribution in [0.3, 0.4) is 0 Å². The third kappa shape index (κ3) is 2.41. The number of nitriles is 1. The first-order valence-corrected chi connectivity index (χ1v) is 2.87. The van der Waals surface area contributed by atoms with Gasteiger partial charge in [-0.1, -0.05) is 19.1 Å². The topological polar surface area (TPSA) is 23.8 Å². The van der Waals surface area contributed by atoms with Crippen molar-refractivity contribution in [3.8, 4) is 6.07 Å². The minimum absolute atomic E-state index is 0.125. The van der Waals surface area contributed by atoms with Gasteiger partial charge in [0.15, 0.2) is 0 Å². The summed E-state index contributed by atoms with van der Waals surface area (Å²) in [5.74, 6) is 0.125. The highest BCUT2D eigenvalue weighted by Gasteiger charge is 1.93. The lowest BCUT2D eigenvalue weighted by atomic mass is 10.1. The van der Waals surface area contributed by atoms with Crippen molar-refractivity contribution in [2.75, 3.05) is 0 Å². The van der Waals surface area contributed by atoms with Gasteiger partial charge in [0.25, 0.3) is 0 Å². The monoisotopic (exact) mass is 109 g/mol. The SMILES string of the molecule is C/C=C/C(C#N)CC. The van der Waals surface area contributed by atoms with Crippen molar-refractivity contribution in [1.82, 2.24) is 0 Å². The van der Waals surface area contributed by atoms with Crippen molar-refractivity contribution in [1.29, 1.82) is 5.26 Å². The summed E-state index contributed by atoms with van der Waals surface area (Å²) in [6, 6.07) is 2.17. The molecule has 8 heavy (non-hydrogen) atoms. The maximum atomic E-state index is 8.36. The highest BCUT2D eigenvalue weighted by molar-refractivity contribution is 4.97. The molecule has 0 heterocycles. The molecule has 0 aromatic carbocycles. The van der Waals surface area contributed by atoms with Crippen molar-refractivity contribution in [2.45, 2.75) is 20.3 Å². The predicted octanol–water partition coefficient (Wildman–Crippen LogP) is 2.11. The zero-order valence-electron chi connectivity index (χ0n) is 5.39. The van der Waals surface area contributed by atoms with Crippen LogP contribution in [0.15, 0.2) is 12.2 Å². The van der Waals surface area contributed by atoms with E-state index in [-0.39, 0.29) is 5.92 Å². The van der Waals surface area contributed by atoms with Gasteiger partial charge >= 0.3 is 0 Å². The van der Waals surface area contributed by atoms with Crippen LogP contribution in [0.1, 0.15) is 20.3 Å². The van der Waals surface area contributed by atoms with E-state index in [2.05, 4.69) is 6.07 Å². The summed E-state index contributed by atoms with van der Waals surface area (Å²) in [6.07, 6.45) is 4.75. The molecular weight excluding hydrogens is 98.1 g/mol. The van der Waals surface area contributed by atoms with Gasteiger partial charge in [0.2, 0.25) is 0 Å². The molecule has 0 aromatic heterocycles. The van der Waals surface area contributed by atoms with E-state index in [1.165, 1.54) is 0 Å². The molecule has 0 bridgehead atoms. The van der Waals surface area contributed by atoms with Crippen molar-refractivity contribution < 1.29 is 0 Å². The number of rotatable bonds is 2. The Kier molecular flexibility index (Phi) is 3.97. The number of hydrogen-bond acceptors (Lipinski definition) is 1. The van der Waals surface area contributed by atoms with E-state index in [0.29, 0.717) is 0 Å². The molecule has 0 amide bonds. The van der Waals surface area contributed by atoms with Gasteiger partial charge in [-0.25, -0.2) is 0 Å². The quantitative estimate of drug-likeness (QED) is 0.498. The van der Waals surface area contributed by atoms with E-state index >= 15 is 0 Å². The second kappa shape index (κ2) is 4.39. The maximum absolute atomic E-state index is 8.36. The van der Waals surface area contributed by atoms with Gasteiger partial charge in [-0.3, -0.25) is 0 Å². The minimum atomic E-state index is 0.125. The number of hydrogen-bond donors (Lipinski definition) is 0. The molecule has 0 saturated heterocycles. The van der Waals surface area contributed by atoms with Gasteiger partial charge < -0.3 is 0 Å². The lowest BCUT2D eigenvalue weighted by Crippen LogP contribution is -1.86. The molecule has 0 saturated carbocycles. The van der Waals surface area contributed by atoms with Gasteiger partial charge in [0, 0.05) is 0 Å². The highest BCUT2D eigenvalue weighted by atomic mass is 14.3. The van der Waals surface area contributed by atoms with Crippen molar-refractivity contribution >= 4 is 0 Å². The third-order valence-electron chi connectivity index (χ3n) is 1.03. The van der Waals surface area contributed by atoms with E-state index < -0.39 is 0 Å². The van der Waals surface area contributed by atoms with Crippen LogP contribution in [0.5, 0.6) is 0 Å². The zero-order valence-corrected chi connectivity index (χ0v) is 5.39. The maximum Gasteiger partial charge on any atom is 0.0697 e. The van der Waals surface area contributed by atoms with Crippen molar-refractivity contribution in [3.05, 3.63) is 12.2 Å². The summed E-state index contributed by atoms with van der Waals surface area (Å²) in [4.78, 5) is 0. The van der Waals surface area contributed by atoms with Gasteiger partial charge in [-0.05, 0) is 13.3 Å². The Labute approximate surface area is 50.6 Å². The molecule has 0 spiro atoms. The lowest BCUT2D eigenvalue weighted by molar-refractivity contribution is 0.787. The van der Waals surface area contributed by atoms with Crippen LogP contribution in [0.4, 0.5) is 0 Å². The van der Waals surface area contributed by atoms with Gasteiger partial charge in [-0.2, -0.15) is 5.26 Å². The highest BCUT2D eigenvalue weighted by Crippen LogP contribution is 2.00. The van der Waals surface area contributed by atoms with Crippen LogP contribution in [0.25, 0.3) is 0 Å². The molecule has 0 aliphatic rings. The standard InChI is InChI=1S/C7H11N/c1-3-5-7(4-2)6-8/h3,5,7H,4H2,1-2H3/b5-3+. The van der Waals surface area contributed by atoms with E-state index in [1.54, 1.807) is 0 Å². The molecule has 0 fully saturated rings. The van der Waals surface area contributed by atoms with E-state index in [9.17, 15) is 0 Å². The van der Waals surface area contributed by atoms with Gasteiger partial charge in [0.05, 0.1) is 12.0 Å². The molecule has 1 atom stereocenters. The Balaban J connectivity index is 3.57. The first kappa shape index (κ1) is 7.23. The average Bonchev–Trinajstić information content (AvgIpc) is 1.83. The first-order valence-electron chi connectivity index (χ1n) is 2.87. The molecule has 0 rings (SSSR count). The second-order valence-corrected chi connectivity index (χ2v) is 1.67. The Morgan fingerprint density at radius 1 is 1.75 bits per heavy atom. The van der Waals surface area contributed by atoms with E-state index in [0.717, 1.165) is 6.42 Å². The molecule has 0 N–H and O–H groups in total. The first-order chi connectivity index (χ1) is 3.85. The largest absolute Gasteiger partial charge is 0.198 e. The lowest BCUT2D eigenvalue weighted by Gasteiger charge is -1.92. The van der Waals surface area contributed by atoms with Gasteiger partial charge in [-0.15, -0.1) is 0 Å². The molecule has 1 heteroatoms. The number of allylic oxidation sites excluding steroid dienone is 2. The Hall–Kier alpha value is -0.770. The molecule has 0 aromatic rings. The summed E-state index contributed by atoms with van der Waals surface area (Å²) < 4.78 is 0. The summed E-state index contributed by atoms with van der Waals surface area (Å²) in [5.41, 5.74) is 0. The van der Waals surface area contributed by atoms with Gasteiger partial charge in [0.1, 0.15) is 0 Å². The molecule has 0 aliphatic carbocycles. The van der Waals surface area contributed by atoms with Crippen molar-refractivity contribution in [2.24, 2.45) is 5.92 Å². The fraction of sp³-hybridized carbons (Fsp3) is 0.571. The fourth-order valence-electron chi connectivity index (χ4n) is 0.503. The van der Waals surface area contributed by atoms with E-state index in [4.69, 9.17) is 5.26 Å². The Morgan fingerprint density at radius 2 is 2.38 bits per heavy atom. The van der Waals surface area contributed by atoms with Crippen LogP contribution >= 0.6 is 0 Å². The van der Waals surface area contributed by atoms with E-state index in [1.807, 2.05) is 26.0 Å². The molecule has 44 valence electrons. The summed E-state index contributed by atoms with van der Waals surface area (Å²) >= 11 is 0. The normalized spacial score (nSPS) is 13.6. The predicted molar refractivity (Wildman–Crippen MR) is 34.2 cm³/mol. The van der Waals surface area contributed by atoms with Crippen LogP contribution < -0.4 is 0 Å². The number of nitrogens with zero attached hydrogens (tertiary/aromatic N) is 1. The Bertz CT molecular complexity index is 108. The fourth-order valence-corrected chi connectivity index (χ4v) is 0.503. The third-order valence-corrected chi connectivity index (χ3v) is 1.03. The van der Waals surface area contributed by atoms with Crippen LogP contribution in [-0.2, 0) is 0 Å². The van der Waals surface area contributed by atoms with Crippen LogP contribution in [-0.4, -0.2) is 0 Å². The Morgan fingerprint density at radius 3 is 2.50 bits per heavy atom. The molecule has 0 aliphatic heterocycles. The molecule has 1 unspecified atom stereocenters. The smallest absolute Gasteiger partial charge is 0.0697 e. The average molecular weight is 109 g/mol. The van der Waals surface area contributed by atoms with Crippen LogP contribution in [0, 0.1) is 17.2 Å². The van der Waals surface area contributed by atoms with Crippen molar-refractivity contribution in [3.63, 3.8) is 0 Å². The molecule has 1 nitrogen and oxygen atoms in total. The summed E-state index contributed by atoms with van der Waals surface area (Å²) in [6.45, 7) is 3.94. The molecular formula is C7H11N. The molecule has 0 radical (unpaired) electrons. The second-order valence-electron chi connectivity index (χ2n) is 1.67. The zero-order chi connectivity index (χ0) is 6.41. The summed E-state index contributed by atoms with van der Waals surface area (Å²) in [5, 5.41) is 8.36.